The summed E-state index contributed by atoms with van der Waals surface area (Å²) in [6.45, 7) is 2.78. The van der Waals surface area contributed by atoms with E-state index >= 15 is 0 Å². The number of aromatic amines is 2. The molecular formula is C22H22N4O4. The van der Waals surface area contributed by atoms with Crippen LogP contribution in [0, 0.1) is 0 Å². The number of nitrogens with one attached hydrogen (secondary N) is 2. The van der Waals surface area contributed by atoms with Crippen LogP contribution in [0.15, 0.2) is 57.2 Å². The van der Waals surface area contributed by atoms with E-state index in [1.54, 1.807) is 12.1 Å². The number of aromatic nitrogens is 3. The van der Waals surface area contributed by atoms with E-state index in [1.807, 2.05) is 30.3 Å². The molecule has 2 aromatic carbocycles. The zero-order valence-electron chi connectivity index (χ0n) is 16.8. The Morgan fingerprint density at radius 2 is 1.87 bits per heavy atom. The molecule has 8 heteroatoms. The Balaban J connectivity index is 1.69. The predicted molar refractivity (Wildman–Crippen MR) is 117 cm³/mol. The summed E-state index contributed by atoms with van der Waals surface area (Å²) in [6.07, 6.45) is 3.53. The second-order valence-electron chi connectivity index (χ2n) is 6.82. The SMILES string of the molecule is CCCCOc1ccc(/C=N\n2c(=O)[nH]c3c([nH]c4cccc(OC)c43)c2=O)cc1. The molecular weight excluding hydrogens is 384 g/mol. The number of hydrogen-bond donors (Lipinski definition) is 2. The summed E-state index contributed by atoms with van der Waals surface area (Å²) in [5.74, 6) is 1.33. The molecule has 0 aliphatic rings. The van der Waals surface area contributed by atoms with Crippen LogP contribution in [0.3, 0.4) is 0 Å². The standard InChI is InChI=1S/C22H22N4O4/c1-3-4-12-30-15-10-8-14(9-11-15)13-23-26-21(27)20-19(25-22(26)28)18-16(24-20)6-5-7-17(18)29-2/h5-11,13,24H,3-4,12H2,1-2H3,(H,25,28)/b23-13-. The topological polar surface area (TPSA) is 101 Å². The molecule has 0 unspecified atom stereocenters. The molecule has 0 fully saturated rings. The summed E-state index contributed by atoms with van der Waals surface area (Å²) in [6, 6.07) is 12.7. The lowest BCUT2D eigenvalue weighted by molar-refractivity contribution is 0.309. The third-order valence-electron chi connectivity index (χ3n) is 4.81. The molecule has 0 saturated heterocycles. The third kappa shape index (κ3) is 3.59. The fraction of sp³-hybridized carbons (Fsp3) is 0.227. The van der Waals surface area contributed by atoms with Gasteiger partial charge in [0.05, 0.1) is 36.4 Å². The molecule has 2 heterocycles. The Labute approximate surface area is 171 Å². The van der Waals surface area contributed by atoms with Crippen LogP contribution in [0.5, 0.6) is 11.5 Å². The summed E-state index contributed by atoms with van der Waals surface area (Å²) >= 11 is 0. The van der Waals surface area contributed by atoms with Crippen molar-refractivity contribution in [3.05, 3.63) is 68.9 Å². The minimum Gasteiger partial charge on any atom is -0.496 e. The molecule has 2 aromatic heterocycles. The van der Waals surface area contributed by atoms with Crippen LogP contribution in [0.1, 0.15) is 25.3 Å². The summed E-state index contributed by atoms with van der Waals surface area (Å²) in [5, 5.41) is 4.74. The molecule has 0 atom stereocenters. The molecule has 30 heavy (non-hydrogen) atoms. The quantitative estimate of drug-likeness (QED) is 0.363. The molecule has 0 radical (unpaired) electrons. The average molecular weight is 406 g/mol. The van der Waals surface area contributed by atoms with Gasteiger partial charge in [0.2, 0.25) is 0 Å². The van der Waals surface area contributed by atoms with E-state index in [-0.39, 0.29) is 5.52 Å². The monoisotopic (exact) mass is 406 g/mol. The minimum absolute atomic E-state index is 0.255. The second-order valence-corrected chi connectivity index (χ2v) is 6.82. The first-order valence-corrected chi connectivity index (χ1v) is 9.73. The first-order chi connectivity index (χ1) is 14.6. The van der Waals surface area contributed by atoms with E-state index in [4.69, 9.17) is 9.47 Å². The number of nitrogens with zero attached hydrogens (tertiary/aromatic N) is 2. The van der Waals surface area contributed by atoms with Crippen molar-refractivity contribution in [2.45, 2.75) is 19.8 Å². The molecule has 4 rings (SSSR count). The molecule has 0 amide bonds. The van der Waals surface area contributed by atoms with Gasteiger partial charge in [-0.15, -0.1) is 4.68 Å². The van der Waals surface area contributed by atoms with Crippen LogP contribution in [-0.2, 0) is 0 Å². The molecule has 0 aliphatic carbocycles. The molecule has 2 N–H and O–H groups in total. The molecule has 0 saturated carbocycles. The first kappa shape index (κ1) is 19.5. The van der Waals surface area contributed by atoms with Crippen molar-refractivity contribution < 1.29 is 9.47 Å². The van der Waals surface area contributed by atoms with Crippen LogP contribution in [0.25, 0.3) is 21.9 Å². The van der Waals surface area contributed by atoms with Gasteiger partial charge in [0, 0.05) is 0 Å². The van der Waals surface area contributed by atoms with E-state index in [1.165, 1.54) is 13.3 Å². The number of rotatable bonds is 7. The predicted octanol–water partition coefficient (Wildman–Crippen LogP) is 3.24. The van der Waals surface area contributed by atoms with Gasteiger partial charge in [-0.1, -0.05) is 19.4 Å². The van der Waals surface area contributed by atoms with Gasteiger partial charge in [-0.3, -0.25) is 4.79 Å². The number of H-pyrrole nitrogens is 2. The largest absolute Gasteiger partial charge is 0.496 e. The van der Waals surface area contributed by atoms with Gasteiger partial charge in [0.25, 0.3) is 0 Å². The van der Waals surface area contributed by atoms with Gasteiger partial charge in [-0.05, 0) is 48.4 Å². The fourth-order valence-electron chi connectivity index (χ4n) is 3.24. The number of fused-ring (bicyclic) bond motifs is 3. The van der Waals surface area contributed by atoms with Gasteiger partial charge in [0.1, 0.15) is 17.0 Å². The van der Waals surface area contributed by atoms with E-state index in [0.29, 0.717) is 28.8 Å². The Morgan fingerprint density at radius 1 is 1.07 bits per heavy atom. The highest BCUT2D eigenvalue weighted by Gasteiger charge is 2.15. The van der Waals surface area contributed by atoms with Gasteiger partial charge in [0.15, 0.2) is 0 Å². The van der Waals surface area contributed by atoms with Crippen LogP contribution >= 0.6 is 0 Å². The van der Waals surface area contributed by atoms with Crippen LogP contribution < -0.4 is 20.7 Å². The van der Waals surface area contributed by atoms with Gasteiger partial charge in [-0.25, -0.2) is 4.79 Å². The van der Waals surface area contributed by atoms with Crippen molar-refractivity contribution in [1.82, 2.24) is 14.6 Å². The van der Waals surface area contributed by atoms with E-state index in [2.05, 4.69) is 22.0 Å². The van der Waals surface area contributed by atoms with Gasteiger partial charge < -0.3 is 19.4 Å². The second kappa shape index (κ2) is 8.28. The third-order valence-corrected chi connectivity index (χ3v) is 4.81. The summed E-state index contributed by atoms with van der Waals surface area (Å²) < 4.78 is 11.8. The zero-order valence-corrected chi connectivity index (χ0v) is 16.8. The molecule has 0 aliphatic heterocycles. The smallest absolute Gasteiger partial charge is 0.350 e. The molecule has 8 nitrogen and oxygen atoms in total. The number of ether oxygens (including phenoxy) is 2. The van der Waals surface area contributed by atoms with Crippen LogP contribution in [-0.4, -0.2) is 34.6 Å². The Morgan fingerprint density at radius 3 is 2.60 bits per heavy atom. The Hall–Kier alpha value is -3.81. The highest BCUT2D eigenvalue weighted by Crippen LogP contribution is 2.29. The van der Waals surface area contributed by atoms with Crippen LogP contribution in [0.4, 0.5) is 0 Å². The van der Waals surface area contributed by atoms with Crippen molar-refractivity contribution in [2.24, 2.45) is 5.10 Å². The lowest BCUT2D eigenvalue weighted by Crippen LogP contribution is -2.32. The minimum atomic E-state index is -0.630. The molecule has 0 bridgehead atoms. The van der Waals surface area contributed by atoms with Gasteiger partial charge >= 0.3 is 11.2 Å². The van der Waals surface area contributed by atoms with Crippen molar-refractivity contribution in [3.63, 3.8) is 0 Å². The van der Waals surface area contributed by atoms with E-state index in [0.717, 1.165) is 28.8 Å². The lowest BCUT2D eigenvalue weighted by Gasteiger charge is -2.05. The number of methoxy groups -OCH3 is 1. The van der Waals surface area contributed by atoms with Crippen molar-refractivity contribution in [1.29, 1.82) is 0 Å². The average Bonchev–Trinajstić information content (AvgIpc) is 3.13. The number of benzene rings is 2. The molecule has 154 valence electrons. The summed E-state index contributed by atoms with van der Waals surface area (Å²) in [7, 11) is 1.54. The maximum absolute atomic E-state index is 12.9. The maximum atomic E-state index is 12.9. The first-order valence-electron chi connectivity index (χ1n) is 9.73. The fourth-order valence-corrected chi connectivity index (χ4v) is 3.24. The summed E-state index contributed by atoms with van der Waals surface area (Å²) in [4.78, 5) is 31.2. The number of unbranched alkanes of at least 4 members (excludes halogenated alkanes) is 1. The van der Waals surface area contributed by atoms with Crippen molar-refractivity contribution in [2.75, 3.05) is 13.7 Å². The number of hydrogen-bond acceptors (Lipinski definition) is 5. The van der Waals surface area contributed by atoms with Crippen molar-refractivity contribution >= 4 is 28.2 Å². The molecule has 4 aromatic rings. The highest BCUT2D eigenvalue weighted by molar-refractivity contribution is 6.07. The van der Waals surface area contributed by atoms with E-state index in [9.17, 15) is 9.59 Å². The van der Waals surface area contributed by atoms with E-state index < -0.39 is 11.2 Å². The zero-order chi connectivity index (χ0) is 21.1. The highest BCUT2D eigenvalue weighted by atomic mass is 16.5. The molecule has 0 spiro atoms. The normalized spacial score (nSPS) is 11.5. The van der Waals surface area contributed by atoms with Gasteiger partial charge in [-0.2, -0.15) is 5.10 Å². The lowest BCUT2D eigenvalue weighted by atomic mass is 10.2. The summed E-state index contributed by atoms with van der Waals surface area (Å²) in [5.41, 5.74) is 0.918. The Bertz CT molecular complexity index is 1330. The van der Waals surface area contributed by atoms with Crippen molar-refractivity contribution in [3.8, 4) is 11.5 Å². The van der Waals surface area contributed by atoms with Crippen LogP contribution in [0.2, 0.25) is 0 Å². The Kier molecular flexibility index (Phi) is 5.38. The maximum Gasteiger partial charge on any atom is 0.350 e.